The number of phenolic OH excluding ortho intramolecular Hbond substituents is 3. The molecule has 0 fully saturated rings. The van der Waals surface area contributed by atoms with Crippen LogP contribution in [-0.4, -0.2) is 21.1 Å². The van der Waals surface area contributed by atoms with Crippen molar-refractivity contribution < 1.29 is 24.9 Å². The average Bonchev–Trinajstić information content (AvgIpc) is 2.42. The van der Waals surface area contributed by atoms with Crippen molar-refractivity contribution in [2.24, 2.45) is 0 Å². The molecule has 1 atom stereocenters. The first-order chi connectivity index (χ1) is 10.4. The molecule has 0 aromatic heterocycles. The number of phenols is 3. The Morgan fingerprint density at radius 3 is 2.32 bits per heavy atom. The molecule has 0 aliphatic carbocycles. The third-order valence-corrected chi connectivity index (χ3v) is 4.60. The molecule has 1 aliphatic rings. The quantitative estimate of drug-likeness (QED) is 0.636. The van der Waals surface area contributed by atoms with Gasteiger partial charge in [-0.1, -0.05) is 0 Å². The van der Waals surface area contributed by atoms with Gasteiger partial charge in [-0.25, -0.2) is 0 Å². The van der Waals surface area contributed by atoms with Gasteiger partial charge in [0, 0.05) is 12.1 Å². The monoisotopic (exact) mass is 428 g/mol. The standard InChI is InChI=1S/C15H10Br2O5/c16-8-1-6(2-9(17)15(8)21)12-5-11(20)14-10(19)3-7(18)4-13(14)22-12/h1-4,12,18-19,21H,5H2. The minimum Gasteiger partial charge on any atom is -0.508 e. The summed E-state index contributed by atoms with van der Waals surface area (Å²) in [4.78, 5) is 12.2. The predicted octanol–water partition coefficient (Wildman–Crippen LogP) is 4.03. The second-order valence-electron chi connectivity index (χ2n) is 4.90. The maximum atomic E-state index is 12.2. The molecule has 2 aromatic carbocycles. The molecule has 1 aliphatic heterocycles. The number of carbonyl (C=O) groups is 1. The van der Waals surface area contributed by atoms with E-state index in [2.05, 4.69) is 31.9 Å². The molecular formula is C15H10Br2O5. The van der Waals surface area contributed by atoms with Crippen LogP contribution in [0.5, 0.6) is 23.0 Å². The van der Waals surface area contributed by atoms with Gasteiger partial charge in [-0.3, -0.25) is 4.79 Å². The maximum absolute atomic E-state index is 12.2. The number of hydrogen-bond donors (Lipinski definition) is 3. The predicted molar refractivity (Wildman–Crippen MR) is 85.6 cm³/mol. The number of halogens is 2. The molecule has 5 nitrogen and oxygen atoms in total. The molecule has 22 heavy (non-hydrogen) atoms. The Hall–Kier alpha value is -1.73. The van der Waals surface area contributed by atoms with Crippen LogP contribution in [0.1, 0.15) is 28.4 Å². The van der Waals surface area contributed by atoms with Crippen molar-refractivity contribution in [3.05, 3.63) is 44.3 Å². The molecule has 0 radical (unpaired) electrons. The molecule has 0 saturated carbocycles. The summed E-state index contributed by atoms with van der Waals surface area (Å²) in [5, 5.41) is 29.1. The van der Waals surface area contributed by atoms with Crippen molar-refractivity contribution in [2.45, 2.75) is 12.5 Å². The summed E-state index contributed by atoms with van der Waals surface area (Å²) in [7, 11) is 0. The van der Waals surface area contributed by atoms with E-state index in [0.717, 1.165) is 6.07 Å². The molecule has 3 rings (SSSR count). The second-order valence-corrected chi connectivity index (χ2v) is 6.61. The van der Waals surface area contributed by atoms with Crippen LogP contribution in [0.3, 0.4) is 0 Å². The molecule has 0 saturated heterocycles. The van der Waals surface area contributed by atoms with Gasteiger partial charge in [-0.2, -0.15) is 0 Å². The van der Waals surface area contributed by atoms with E-state index < -0.39 is 6.10 Å². The largest absolute Gasteiger partial charge is 0.508 e. The molecule has 2 aromatic rings. The fourth-order valence-corrected chi connectivity index (χ4v) is 3.60. The van der Waals surface area contributed by atoms with E-state index in [9.17, 15) is 20.1 Å². The third kappa shape index (κ3) is 2.55. The van der Waals surface area contributed by atoms with Crippen LogP contribution in [-0.2, 0) is 0 Å². The number of hydrogen-bond acceptors (Lipinski definition) is 5. The second kappa shape index (κ2) is 5.48. The molecule has 114 valence electrons. The maximum Gasteiger partial charge on any atom is 0.174 e. The zero-order valence-electron chi connectivity index (χ0n) is 11.0. The first-order valence-corrected chi connectivity index (χ1v) is 7.89. The summed E-state index contributed by atoms with van der Waals surface area (Å²) in [6, 6.07) is 5.72. The number of fused-ring (bicyclic) bond motifs is 1. The van der Waals surface area contributed by atoms with E-state index in [1.807, 2.05) is 0 Å². The van der Waals surface area contributed by atoms with Crippen LogP contribution in [0, 0.1) is 0 Å². The average molecular weight is 430 g/mol. The number of rotatable bonds is 1. The summed E-state index contributed by atoms with van der Waals surface area (Å²) >= 11 is 6.47. The fraction of sp³-hybridized carbons (Fsp3) is 0.133. The van der Waals surface area contributed by atoms with E-state index in [1.165, 1.54) is 6.07 Å². The van der Waals surface area contributed by atoms with E-state index in [1.54, 1.807) is 12.1 Å². The third-order valence-electron chi connectivity index (χ3n) is 3.40. The molecule has 3 N–H and O–H groups in total. The lowest BCUT2D eigenvalue weighted by Gasteiger charge is -2.26. The van der Waals surface area contributed by atoms with Crippen LogP contribution in [0.2, 0.25) is 0 Å². The highest BCUT2D eigenvalue weighted by Gasteiger charge is 2.31. The number of ether oxygens (including phenoxy) is 1. The highest BCUT2D eigenvalue weighted by molar-refractivity contribution is 9.11. The molecular weight excluding hydrogens is 420 g/mol. The zero-order chi connectivity index (χ0) is 16.0. The van der Waals surface area contributed by atoms with E-state index >= 15 is 0 Å². The van der Waals surface area contributed by atoms with Gasteiger partial charge in [0.25, 0.3) is 0 Å². The highest BCUT2D eigenvalue weighted by atomic mass is 79.9. The minimum atomic E-state index is -0.575. The molecule has 7 heteroatoms. The number of Topliss-reactive ketones (excluding diaryl/α,β-unsaturated/α-hetero) is 1. The molecule has 1 unspecified atom stereocenters. The van der Waals surface area contributed by atoms with Crippen molar-refractivity contribution in [2.75, 3.05) is 0 Å². The number of aromatic hydroxyl groups is 3. The molecule has 0 bridgehead atoms. The zero-order valence-corrected chi connectivity index (χ0v) is 14.2. The minimum absolute atomic E-state index is 0.0506. The Bertz CT molecular complexity index is 765. The Labute approximate surface area is 142 Å². The van der Waals surface area contributed by atoms with Crippen LogP contribution in [0.4, 0.5) is 0 Å². The number of carbonyl (C=O) groups excluding carboxylic acids is 1. The van der Waals surface area contributed by atoms with Gasteiger partial charge >= 0.3 is 0 Å². The summed E-state index contributed by atoms with van der Waals surface area (Å²) in [5.41, 5.74) is 0.754. The van der Waals surface area contributed by atoms with Crippen molar-refractivity contribution >= 4 is 37.6 Å². The summed E-state index contributed by atoms with van der Waals surface area (Å²) in [6.07, 6.45) is -0.524. The molecule has 0 amide bonds. The van der Waals surface area contributed by atoms with Crippen LogP contribution >= 0.6 is 31.9 Å². The van der Waals surface area contributed by atoms with Crippen molar-refractivity contribution in [3.63, 3.8) is 0 Å². The van der Waals surface area contributed by atoms with E-state index in [4.69, 9.17) is 4.74 Å². The van der Waals surface area contributed by atoms with Gasteiger partial charge in [0.05, 0.1) is 15.4 Å². The number of benzene rings is 2. The van der Waals surface area contributed by atoms with Gasteiger partial charge < -0.3 is 20.1 Å². The van der Waals surface area contributed by atoms with Gasteiger partial charge in [-0.05, 0) is 49.6 Å². The molecule has 1 heterocycles. The smallest absolute Gasteiger partial charge is 0.174 e. The van der Waals surface area contributed by atoms with Gasteiger partial charge in [0.2, 0.25) is 0 Å². The normalized spacial score (nSPS) is 17.0. The highest BCUT2D eigenvalue weighted by Crippen LogP contribution is 2.43. The Kier molecular flexibility index (Phi) is 3.78. The SMILES string of the molecule is O=C1CC(c2cc(Br)c(O)c(Br)c2)Oc2cc(O)cc(O)c21. The van der Waals surface area contributed by atoms with Gasteiger partial charge in [0.15, 0.2) is 5.78 Å². The lowest BCUT2D eigenvalue weighted by Crippen LogP contribution is -2.20. The Morgan fingerprint density at radius 2 is 1.68 bits per heavy atom. The van der Waals surface area contributed by atoms with Crippen molar-refractivity contribution in [1.82, 2.24) is 0 Å². The topological polar surface area (TPSA) is 87.0 Å². The van der Waals surface area contributed by atoms with Crippen molar-refractivity contribution in [1.29, 1.82) is 0 Å². The summed E-state index contributed by atoms with van der Waals surface area (Å²) in [6.45, 7) is 0. The van der Waals surface area contributed by atoms with E-state index in [-0.39, 0.29) is 40.8 Å². The lowest BCUT2D eigenvalue weighted by atomic mass is 9.95. The van der Waals surface area contributed by atoms with Crippen LogP contribution in [0.25, 0.3) is 0 Å². The first kappa shape index (κ1) is 15.2. The lowest BCUT2D eigenvalue weighted by molar-refractivity contribution is 0.0844. The molecule has 0 spiro atoms. The van der Waals surface area contributed by atoms with E-state index in [0.29, 0.717) is 14.5 Å². The van der Waals surface area contributed by atoms with Crippen LogP contribution in [0.15, 0.2) is 33.2 Å². The number of ketones is 1. The fourth-order valence-electron chi connectivity index (χ4n) is 2.38. The van der Waals surface area contributed by atoms with Crippen molar-refractivity contribution in [3.8, 4) is 23.0 Å². The summed E-state index contributed by atoms with van der Waals surface area (Å²) < 4.78 is 6.68. The van der Waals surface area contributed by atoms with Gasteiger partial charge in [0.1, 0.15) is 34.7 Å². The first-order valence-electron chi connectivity index (χ1n) is 6.30. The summed E-state index contributed by atoms with van der Waals surface area (Å²) in [5.74, 6) is -0.561. The Morgan fingerprint density at radius 1 is 1.05 bits per heavy atom. The van der Waals surface area contributed by atoms with Crippen LogP contribution < -0.4 is 4.74 Å². The van der Waals surface area contributed by atoms with Gasteiger partial charge in [-0.15, -0.1) is 0 Å². The Balaban J connectivity index is 2.04.